The molecular formula is C20H34IN3O3S. The van der Waals surface area contributed by atoms with Gasteiger partial charge in [-0.05, 0) is 38.2 Å². The molecule has 2 N–H and O–H groups in total. The molecule has 0 atom stereocenters. The fourth-order valence-corrected chi connectivity index (χ4v) is 3.66. The fourth-order valence-electron chi connectivity index (χ4n) is 2.89. The lowest BCUT2D eigenvalue weighted by Crippen LogP contribution is -2.38. The maximum atomic E-state index is 5.78. The zero-order valence-electron chi connectivity index (χ0n) is 17.2. The number of thioether (sulfide) groups is 1. The number of nitrogens with one attached hydrogen (secondary N) is 2. The highest BCUT2D eigenvalue weighted by atomic mass is 127. The van der Waals surface area contributed by atoms with E-state index >= 15 is 0 Å². The van der Waals surface area contributed by atoms with Gasteiger partial charge in [0.1, 0.15) is 5.75 Å². The number of halogens is 1. The van der Waals surface area contributed by atoms with Crippen molar-refractivity contribution >= 4 is 47.4 Å². The Morgan fingerprint density at radius 3 is 2.75 bits per heavy atom. The molecule has 1 aliphatic heterocycles. The van der Waals surface area contributed by atoms with Crippen LogP contribution in [0.25, 0.3) is 0 Å². The van der Waals surface area contributed by atoms with Crippen molar-refractivity contribution in [1.82, 2.24) is 5.32 Å². The maximum Gasteiger partial charge on any atom is 0.195 e. The number of ether oxygens (including phenoxy) is 3. The molecule has 1 aromatic carbocycles. The highest BCUT2D eigenvalue weighted by Crippen LogP contribution is 2.34. The number of rotatable bonds is 10. The predicted octanol–water partition coefficient (Wildman–Crippen LogP) is 4.01. The maximum absolute atomic E-state index is 5.78. The molecule has 0 aliphatic carbocycles. The topological polar surface area (TPSA) is 64.1 Å². The molecule has 0 radical (unpaired) electrons. The van der Waals surface area contributed by atoms with Crippen molar-refractivity contribution in [2.24, 2.45) is 4.99 Å². The number of hydrogen-bond donors (Lipinski definition) is 2. The van der Waals surface area contributed by atoms with Gasteiger partial charge in [0.2, 0.25) is 0 Å². The standard InChI is InChI=1S/C20H33N3O3S.HI/c1-4-21-19(22-16-20(27-3)9-13-25-14-10-20)23-17-7-5-8-18(15-17)26-12-6-11-24-2;/h5,7-8,15H,4,6,9-14,16H2,1-3H3,(H2,21,22,23);1H. The monoisotopic (exact) mass is 523 g/mol. The molecule has 1 fully saturated rings. The SMILES string of the molecule is CCNC(=NCC1(SC)CCOCC1)Nc1cccc(OCCCOC)c1.I. The summed E-state index contributed by atoms with van der Waals surface area (Å²) < 4.78 is 16.5. The van der Waals surface area contributed by atoms with E-state index in [2.05, 4.69) is 23.8 Å². The average Bonchev–Trinajstić information content (AvgIpc) is 2.71. The van der Waals surface area contributed by atoms with Crippen LogP contribution in [-0.2, 0) is 9.47 Å². The van der Waals surface area contributed by atoms with Gasteiger partial charge in [-0.25, -0.2) is 0 Å². The number of benzene rings is 1. The van der Waals surface area contributed by atoms with Crippen molar-refractivity contribution < 1.29 is 14.2 Å². The Balaban J connectivity index is 0.00000392. The summed E-state index contributed by atoms with van der Waals surface area (Å²) in [6, 6.07) is 7.97. The molecule has 0 bridgehead atoms. The fraction of sp³-hybridized carbons (Fsp3) is 0.650. The van der Waals surface area contributed by atoms with Gasteiger partial charge in [0.25, 0.3) is 0 Å². The summed E-state index contributed by atoms with van der Waals surface area (Å²) in [5.41, 5.74) is 0.962. The van der Waals surface area contributed by atoms with Gasteiger partial charge < -0.3 is 24.8 Å². The van der Waals surface area contributed by atoms with Crippen LogP contribution in [0, 0.1) is 0 Å². The number of methoxy groups -OCH3 is 1. The molecule has 0 saturated carbocycles. The van der Waals surface area contributed by atoms with Crippen LogP contribution in [0.1, 0.15) is 26.2 Å². The zero-order valence-corrected chi connectivity index (χ0v) is 20.3. The van der Waals surface area contributed by atoms with Gasteiger partial charge in [-0.2, -0.15) is 11.8 Å². The Hall–Kier alpha value is -0.710. The van der Waals surface area contributed by atoms with Crippen LogP contribution < -0.4 is 15.4 Å². The second-order valence-corrected chi connectivity index (χ2v) is 7.82. The van der Waals surface area contributed by atoms with E-state index in [0.717, 1.165) is 63.0 Å². The number of nitrogens with zero attached hydrogens (tertiary/aromatic N) is 1. The summed E-state index contributed by atoms with van der Waals surface area (Å²) >= 11 is 1.90. The lowest BCUT2D eigenvalue weighted by Gasteiger charge is -2.34. The Kier molecular flexibility index (Phi) is 12.9. The van der Waals surface area contributed by atoms with Gasteiger partial charge in [0.05, 0.1) is 13.2 Å². The lowest BCUT2D eigenvalue weighted by molar-refractivity contribution is 0.0794. The van der Waals surface area contributed by atoms with E-state index in [9.17, 15) is 0 Å². The van der Waals surface area contributed by atoms with Crippen LogP contribution in [0.3, 0.4) is 0 Å². The Morgan fingerprint density at radius 1 is 1.29 bits per heavy atom. The average molecular weight is 523 g/mol. The van der Waals surface area contributed by atoms with Gasteiger partial charge in [0, 0.05) is 56.4 Å². The molecule has 1 heterocycles. The molecule has 0 unspecified atom stereocenters. The predicted molar refractivity (Wildman–Crippen MR) is 130 cm³/mol. The molecule has 28 heavy (non-hydrogen) atoms. The molecule has 1 aliphatic rings. The Morgan fingerprint density at radius 2 is 2.07 bits per heavy atom. The van der Waals surface area contributed by atoms with Crippen molar-refractivity contribution in [3.05, 3.63) is 24.3 Å². The second kappa shape index (κ2) is 14.3. The van der Waals surface area contributed by atoms with E-state index in [0.29, 0.717) is 13.2 Å². The summed E-state index contributed by atoms with van der Waals surface area (Å²) in [6.07, 6.45) is 5.13. The molecule has 0 spiro atoms. The van der Waals surface area contributed by atoms with Gasteiger partial charge in [-0.15, -0.1) is 24.0 Å². The molecule has 0 aromatic heterocycles. The third kappa shape index (κ3) is 8.75. The second-order valence-electron chi connectivity index (χ2n) is 6.54. The van der Waals surface area contributed by atoms with E-state index in [-0.39, 0.29) is 28.7 Å². The van der Waals surface area contributed by atoms with Gasteiger partial charge in [0.15, 0.2) is 5.96 Å². The van der Waals surface area contributed by atoms with Crippen LogP contribution in [0.15, 0.2) is 29.3 Å². The first-order chi connectivity index (χ1) is 13.2. The first-order valence-electron chi connectivity index (χ1n) is 9.61. The summed E-state index contributed by atoms with van der Waals surface area (Å²) in [5.74, 6) is 1.64. The smallest absolute Gasteiger partial charge is 0.195 e. The molecule has 1 aromatic rings. The number of hydrogen-bond acceptors (Lipinski definition) is 5. The Bertz CT molecular complexity index is 584. The molecule has 2 rings (SSSR count). The molecule has 1 saturated heterocycles. The van der Waals surface area contributed by atoms with E-state index in [1.807, 2.05) is 36.0 Å². The van der Waals surface area contributed by atoms with Crippen molar-refractivity contribution in [1.29, 1.82) is 0 Å². The quantitative estimate of drug-likeness (QED) is 0.209. The summed E-state index contributed by atoms with van der Waals surface area (Å²) in [5, 5.41) is 6.73. The number of aliphatic imine (C=N–C) groups is 1. The number of guanidine groups is 1. The Labute approximate surface area is 190 Å². The van der Waals surface area contributed by atoms with Crippen LogP contribution in [0.5, 0.6) is 5.75 Å². The third-order valence-electron chi connectivity index (χ3n) is 4.56. The molecule has 0 amide bonds. The summed E-state index contributed by atoms with van der Waals surface area (Å²) in [7, 11) is 1.70. The minimum Gasteiger partial charge on any atom is -0.493 e. The van der Waals surface area contributed by atoms with Crippen molar-refractivity contribution in [2.75, 3.05) is 58.2 Å². The minimum absolute atomic E-state index is 0. The third-order valence-corrected chi connectivity index (χ3v) is 5.97. The largest absolute Gasteiger partial charge is 0.493 e. The highest BCUT2D eigenvalue weighted by Gasteiger charge is 2.31. The highest BCUT2D eigenvalue weighted by molar-refractivity contribution is 14.0. The molecule has 6 nitrogen and oxygen atoms in total. The van der Waals surface area contributed by atoms with Gasteiger partial charge in [-0.1, -0.05) is 6.07 Å². The van der Waals surface area contributed by atoms with Crippen LogP contribution in [0.4, 0.5) is 5.69 Å². The van der Waals surface area contributed by atoms with Crippen LogP contribution in [-0.4, -0.2) is 63.6 Å². The van der Waals surface area contributed by atoms with Crippen molar-refractivity contribution in [2.45, 2.75) is 30.9 Å². The van der Waals surface area contributed by atoms with E-state index in [1.165, 1.54) is 0 Å². The first-order valence-corrected chi connectivity index (χ1v) is 10.8. The van der Waals surface area contributed by atoms with Crippen LogP contribution >= 0.6 is 35.7 Å². The molecular weight excluding hydrogens is 489 g/mol. The zero-order chi connectivity index (χ0) is 19.4. The number of anilines is 1. The molecule has 160 valence electrons. The minimum atomic E-state index is 0. The first kappa shape index (κ1) is 25.3. The van der Waals surface area contributed by atoms with E-state index < -0.39 is 0 Å². The normalized spacial score (nSPS) is 16.2. The van der Waals surface area contributed by atoms with Gasteiger partial charge >= 0.3 is 0 Å². The van der Waals surface area contributed by atoms with Crippen molar-refractivity contribution in [3.8, 4) is 5.75 Å². The van der Waals surface area contributed by atoms with Gasteiger partial charge in [-0.3, -0.25) is 4.99 Å². The van der Waals surface area contributed by atoms with E-state index in [4.69, 9.17) is 19.2 Å². The van der Waals surface area contributed by atoms with Crippen molar-refractivity contribution in [3.63, 3.8) is 0 Å². The summed E-state index contributed by atoms with van der Waals surface area (Å²) in [6.45, 7) is 6.66. The summed E-state index contributed by atoms with van der Waals surface area (Å²) in [4.78, 5) is 4.85. The van der Waals surface area contributed by atoms with Crippen LogP contribution in [0.2, 0.25) is 0 Å². The lowest BCUT2D eigenvalue weighted by atomic mass is 9.99. The molecule has 8 heteroatoms. The van der Waals surface area contributed by atoms with E-state index in [1.54, 1.807) is 7.11 Å².